The second-order valence-electron chi connectivity index (χ2n) is 9.36. The minimum absolute atomic E-state index is 0.0585. The first-order chi connectivity index (χ1) is 16.6. The third-order valence-corrected chi connectivity index (χ3v) is 6.46. The second-order valence-corrected chi connectivity index (χ2v) is 10.8. The van der Waals surface area contributed by atoms with Crippen LogP contribution in [0.2, 0.25) is 0 Å². The van der Waals surface area contributed by atoms with E-state index in [9.17, 15) is 14.6 Å². The largest absolute Gasteiger partial charge is 0.472 e. The maximum Gasteiger partial charge on any atom is 0.472 e. The van der Waals surface area contributed by atoms with E-state index < -0.39 is 26.1 Å². The molecule has 0 bridgehead atoms. The van der Waals surface area contributed by atoms with Crippen molar-refractivity contribution in [3.63, 3.8) is 0 Å². The number of hydrogen-bond donors (Lipinski definition) is 2. The van der Waals surface area contributed by atoms with E-state index in [4.69, 9.17) is 13.8 Å². The number of hydrogen-bond acceptors (Lipinski definition) is 5. The Morgan fingerprint density at radius 1 is 0.771 bits per heavy atom. The zero-order valence-corrected chi connectivity index (χ0v) is 21.4. The van der Waals surface area contributed by atoms with Gasteiger partial charge < -0.3 is 19.2 Å². The molecule has 0 amide bonds. The van der Waals surface area contributed by atoms with Crippen LogP contribution in [0, 0.1) is 0 Å². The molecule has 8 heteroatoms. The third kappa shape index (κ3) is 7.82. The van der Waals surface area contributed by atoms with Crippen molar-refractivity contribution in [3.05, 3.63) is 108 Å². The fourth-order valence-electron chi connectivity index (χ4n) is 3.69. The lowest BCUT2D eigenvalue weighted by molar-refractivity contribution is -0.870. The molecule has 2 atom stereocenters. The molecule has 3 aromatic carbocycles. The van der Waals surface area contributed by atoms with Gasteiger partial charge >= 0.3 is 7.82 Å². The van der Waals surface area contributed by atoms with Gasteiger partial charge in [0.25, 0.3) is 0 Å². The van der Waals surface area contributed by atoms with Crippen LogP contribution in [0.3, 0.4) is 0 Å². The third-order valence-electron chi connectivity index (χ3n) is 5.48. The van der Waals surface area contributed by atoms with Gasteiger partial charge in [0.1, 0.15) is 24.9 Å². The number of nitrogens with zero attached hydrogens (tertiary/aromatic N) is 1. The average molecular weight is 501 g/mol. The monoisotopic (exact) mass is 500 g/mol. The normalized spacial score (nSPS) is 14.9. The summed E-state index contributed by atoms with van der Waals surface area (Å²) in [5.74, 6) is 0. The van der Waals surface area contributed by atoms with Gasteiger partial charge in [-0.2, -0.15) is 0 Å². The van der Waals surface area contributed by atoms with Gasteiger partial charge in [-0.15, -0.1) is 0 Å². The lowest BCUT2D eigenvalue weighted by Gasteiger charge is -2.36. The molecular formula is C27H35NO6P+. The summed E-state index contributed by atoms with van der Waals surface area (Å²) < 4.78 is 29.4. The fourth-order valence-corrected chi connectivity index (χ4v) is 4.43. The molecule has 0 radical (unpaired) electrons. The van der Waals surface area contributed by atoms with E-state index in [0.29, 0.717) is 11.0 Å². The minimum atomic E-state index is -4.30. The van der Waals surface area contributed by atoms with Gasteiger partial charge in [0.2, 0.25) is 0 Å². The number of rotatable bonds is 13. The van der Waals surface area contributed by atoms with Gasteiger partial charge in [-0.25, -0.2) is 4.57 Å². The van der Waals surface area contributed by atoms with Crippen LogP contribution in [0.1, 0.15) is 16.7 Å². The summed E-state index contributed by atoms with van der Waals surface area (Å²) in [6, 6.07) is 29.3. The number of likely N-dealkylation sites (N-methyl/N-ethyl adjacent to an activating group) is 1. The van der Waals surface area contributed by atoms with Crippen LogP contribution in [0.15, 0.2) is 91.0 Å². The van der Waals surface area contributed by atoms with Crippen LogP contribution in [0.5, 0.6) is 0 Å². The lowest BCUT2D eigenvalue weighted by Crippen LogP contribution is -2.37. The molecule has 1 unspecified atom stereocenters. The standard InChI is InChI=1S/C27H34NO6P/c1-28(2,3)19-20-33-35(30,31)34-22-26(29)21-32-27(23-13-7-4-8-14-23,24-15-9-5-10-16-24)25-17-11-6-12-18-25/h4-18,26,29H,19-22H2,1-3H3/p+1/t26-/m0/s1. The second kappa shape index (κ2) is 12.1. The molecular weight excluding hydrogens is 465 g/mol. The van der Waals surface area contributed by atoms with E-state index >= 15 is 0 Å². The first-order valence-electron chi connectivity index (χ1n) is 11.5. The first-order valence-corrected chi connectivity index (χ1v) is 13.0. The molecule has 0 saturated heterocycles. The first kappa shape index (κ1) is 27.2. The van der Waals surface area contributed by atoms with E-state index in [1.807, 2.05) is 112 Å². The lowest BCUT2D eigenvalue weighted by atomic mass is 9.80. The highest BCUT2D eigenvalue weighted by atomic mass is 31.2. The average Bonchev–Trinajstić information content (AvgIpc) is 2.84. The Morgan fingerprint density at radius 2 is 1.20 bits per heavy atom. The number of aliphatic hydroxyl groups is 1. The molecule has 0 aliphatic heterocycles. The van der Waals surface area contributed by atoms with Crippen molar-refractivity contribution in [3.8, 4) is 0 Å². The molecule has 188 valence electrons. The molecule has 0 heterocycles. The summed E-state index contributed by atoms with van der Waals surface area (Å²) >= 11 is 0. The molecule has 3 aromatic rings. The van der Waals surface area contributed by atoms with Crippen molar-refractivity contribution in [2.75, 3.05) is 47.5 Å². The van der Waals surface area contributed by atoms with E-state index in [0.717, 1.165) is 16.7 Å². The van der Waals surface area contributed by atoms with E-state index in [2.05, 4.69) is 0 Å². The Bertz CT molecular complexity index is 976. The topological polar surface area (TPSA) is 85.2 Å². The summed E-state index contributed by atoms with van der Waals surface area (Å²) in [7, 11) is 1.55. The van der Waals surface area contributed by atoms with E-state index in [1.54, 1.807) is 0 Å². The molecule has 2 N–H and O–H groups in total. The van der Waals surface area contributed by atoms with Crippen LogP contribution >= 0.6 is 7.82 Å². The fraction of sp³-hybridized carbons (Fsp3) is 0.333. The van der Waals surface area contributed by atoms with Gasteiger partial charge in [0.15, 0.2) is 0 Å². The number of benzene rings is 3. The number of aliphatic hydroxyl groups excluding tert-OH is 1. The smallest absolute Gasteiger partial charge is 0.388 e. The highest BCUT2D eigenvalue weighted by Crippen LogP contribution is 2.44. The Hall–Kier alpha value is -2.35. The highest BCUT2D eigenvalue weighted by Gasteiger charge is 2.38. The molecule has 7 nitrogen and oxygen atoms in total. The summed E-state index contributed by atoms with van der Waals surface area (Å²) in [5, 5.41) is 10.6. The maximum atomic E-state index is 12.2. The summed E-state index contributed by atoms with van der Waals surface area (Å²) in [5.41, 5.74) is 1.67. The van der Waals surface area contributed by atoms with Crippen LogP contribution in [0.25, 0.3) is 0 Å². The summed E-state index contributed by atoms with van der Waals surface area (Å²) in [6.45, 7) is 0.0422. The molecule has 0 aromatic heterocycles. The van der Waals surface area contributed by atoms with Crippen LogP contribution < -0.4 is 0 Å². The van der Waals surface area contributed by atoms with Gasteiger partial charge in [-0.1, -0.05) is 91.0 Å². The predicted octanol–water partition coefficient (Wildman–Crippen LogP) is 4.20. The molecule has 0 aliphatic carbocycles. The Balaban J connectivity index is 1.79. The van der Waals surface area contributed by atoms with Crippen LogP contribution in [0.4, 0.5) is 0 Å². The Morgan fingerprint density at radius 3 is 1.60 bits per heavy atom. The van der Waals surface area contributed by atoms with Gasteiger partial charge in [0, 0.05) is 0 Å². The van der Waals surface area contributed by atoms with Crippen LogP contribution in [-0.4, -0.2) is 68.1 Å². The van der Waals surface area contributed by atoms with Crippen molar-refractivity contribution >= 4 is 7.82 Å². The molecule has 35 heavy (non-hydrogen) atoms. The zero-order valence-electron chi connectivity index (χ0n) is 20.5. The number of ether oxygens (including phenoxy) is 1. The highest BCUT2D eigenvalue weighted by molar-refractivity contribution is 7.47. The SMILES string of the molecule is C[N+](C)(C)CCOP(=O)(O)OC[C@@H](O)COC(c1ccccc1)(c1ccccc1)c1ccccc1. The molecule has 0 spiro atoms. The molecule has 0 saturated carbocycles. The van der Waals surface area contributed by atoms with Crippen molar-refractivity contribution in [1.82, 2.24) is 0 Å². The number of phosphoric ester groups is 1. The van der Waals surface area contributed by atoms with Gasteiger partial charge in [-0.05, 0) is 16.7 Å². The van der Waals surface area contributed by atoms with Crippen LogP contribution in [-0.2, 0) is 24.0 Å². The maximum absolute atomic E-state index is 12.2. The summed E-state index contributed by atoms with van der Waals surface area (Å²) in [4.78, 5) is 9.97. The summed E-state index contributed by atoms with van der Waals surface area (Å²) in [6.07, 6.45) is -1.16. The zero-order chi connectivity index (χ0) is 25.4. The Labute approximate surface area is 207 Å². The predicted molar refractivity (Wildman–Crippen MR) is 136 cm³/mol. The van der Waals surface area contributed by atoms with Crippen molar-refractivity contribution in [1.29, 1.82) is 0 Å². The van der Waals surface area contributed by atoms with E-state index in [1.165, 1.54) is 0 Å². The molecule has 0 fully saturated rings. The minimum Gasteiger partial charge on any atom is -0.388 e. The molecule has 3 rings (SSSR count). The Kier molecular flexibility index (Phi) is 9.39. The van der Waals surface area contributed by atoms with Crippen molar-refractivity contribution < 1.29 is 32.8 Å². The van der Waals surface area contributed by atoms with Gasteiger partial charge in [-0.3, -0.25) is 9.05 Å². The van der Waals surface area contributed by atoms with Gasteiger partial charge in [0.05, 0.1) is 34.4 Å². The number of quaternary nitrogens is 1. The molecule has 0 aliphatic rings. The van der Waals surface area contributed by atoms with E-state index in [-0.39, 0.29) is 13.2 Å². The number of phosphoric acid groups is 1. The quantitative estimate of drug-likeness (QED) is 0.208. The van der Waals surface area contributed by atoms with Crippen molar-refractivity contribution in [2.45, 2.75) is 11.7 Å². The van der Waals surface area contributed by atoms with Crippen molar-refractivity contribution in [2.24, 2.45) is 0 Å².